The molecule has 9 heteroatoms. The lowest BCUT2D eigenvalue weighted by atomic mass is 10.1. The van der Waals surface area contributed by atoms with Gasteiger partial charge in [0.1, 0.15) is 17.5 Å². The molecule has 0 fully saturated rings. The third kappa shape index (κ3) is 3.90. The minimum Gasteiger partial charge on any atom is -0.395 e. The van der Waals surface area contributed by atoms with Gasteiger partial charge >= 0.3 is 5.69 Å². The van der Waals surface area contributed by atoms with Gasteiger partial charge in [0.25, 0.3) is 0 Å². The Morgan fingerprint density at radius 2 is 1.67 bits per heavy atom. The molecule has 2 N–H and O–H groups in total. The van der Waals surface area contributed by atoms with E-state index in [1.165, 1.54) is 6.92 Å². The SMILES string of the molecule is CCN(CCO)c1nc(N(CC)CCO)c([N+](=O)[O-])c(C)c1C#N. The number of nitriles is 1. The third-order valence-electron chi connectivity index (χ3n) is 3.77. The molecule has 0 radical (unpaired) electrons. The molecule has 24 heavy (non-hydrogen) atoms. The Bertz CT molecular complexity index is 629. The van der Waals surface area contributed by atoms with Crippen LogP contribution in [0.4, 0.5) is 17.3 Å². The number of hydrogen-bond donors (Lipinski definition) is 2. The van der Waals surface area contributed by atoms with E-state index in [-0.39, 0.29) is 48.9 Å². The fraction of sp³-hybridized carbons (Fsp3) is 0.600. The number of rotatable bonds is 9. The number of likely N-dealkylation sites (N-methyl/N-ethyl adjacent to an activating group) is 2. The molecule has 0 saturated heterocycles. The van der Waals surface area contributed by atoms with Crippen LogP contribution in [0.3, 0.4) is 0 Å². The van der Waals surface area contributed by atoms with Gasteiger partial charge in [-0.2, -0.15) is 5.26 Å². The van der Waals surface area contributed by atoms with Crippen LogP contribution in [0.25, 0.3) is 0 Å². The molecule has 0 saturated carbocycles. The number of nitrogens with zero attached hydrogens (tertiary/aromatic N) is 5. The van der Waals surface area contributed by atoms with Crippen LogP contribution in [0, 0.1) is 28.4 Å². The van der Waals surface area contributed by atoms with Crippen LogP contribution in [0.2, 0.25) is 0 Å². The number of aliphatic hydroxyl groups is 2. The van der Waals surface area contributed by atoms with Gasteiger partial charge in [0.2, 0.25) is 5.82 Å². The lowest BCUT2D eigenvalue weighted by Gasteiger charge is -2.27. The maximum absolute atomic E-state index is 11.5. The fourth-order valence-corrected chi connectivity index (χ4v) is 2.53. The van der Waals surface area contributed by atoms with Crippen molar-refractivity contribution in [2.24, 2.45) is 0 Å². The summed E-state index contributed by atoms with van der Waals surface area (Å²) in [6, 6.07) is 1.99. The van der Waals surface area contributed by atoms with Crippen LogP contribution in [-0.2, 0) is 0 Å². The third-order valence-corrected chi connectivity index (χ3v) is 3.77. The highest BCUT2D eigenvalue weighted by Gasteiger charge is 2.29. The maximum Gasteiger partial charge on any atom is 0.315 e. The first-order valence-corrected chi connectivity index (χ1v) is 7.77. The summed E-state index contributed by atoms with van der Waals surface area (Å²) in [5, 5.41) is 39.4. The monoisotopic (exact) mass is 337 g/mol. The van der Waals surface area contributed by atoms with Crippen molar-refractivity contribution in [2.75, 3.05) is 49.2 Å². The molecule has 132 valence electrons. The van der Waals surface area contributed by atoms with Gasteiger partial charge in [0.15, 0.2) is 0 Å². The lowest BCUT2D eigenvalue weighted by Crippen LogP contribution is -2.32. The zero-order chi connectivity index (χ0) is 18.3. The summed E-state index contributed by atoms with van der Waals surface area (Å²) < 4.78 is 0. The van der Waals surface area contributed by atoms with E-state index < -0.39 is 4.92 Å². The van der Waals surface area contributed by atoms with Crippen LogP contribution in [0.15, 0.2) is 0 Å². The first-order valence-electron chi connectivity index (χ1n) is 7.77. The normalized spacial score (nSPS) is 10.3. The highest BCUT2D eigenvalue weighted by molar-refractivity contribution is 5.73. The van der Waals surface area contributed by atoms with Gasteiger partial charge in [-0.05, 0) is 20.8 Å². The molecule has 0 unspecified atom stereocenters. The predicted molar refractivity (Wildman–Crippen MR) is 90.3 cm³/mol. The average Bonchev–Trinajstić information content (AvgIpc) is 2.56. The van der Waals surface area contributed by atoms with E-state index >= 15 is 0 Å². The van der Waals surface area contributed by atoms with E-state index in [2.05, 4.69) is 4.98 Å². The van der Waals surface area contributed by atoms with Crippen molar-refractivity contribution >= 4 is 17.3 Å². The molecule has 0 bridgehead atoms. The molecule has 0 spiro atoms. The van der Waals surface area contributed by atoms with E-state index in [9.17, 15) is 25.6 Å². The summed E-state index contributed by atoms with van der Waals surface area (Å²) in [6.07, 6.45) is 0. The lowest BCUT2D eigenvalue weighted by molar-refractivity contribution is -0.384. The molecule has 0 aliphatic heterocycles. The van der Waals surface area contributed by atoms with Crippen molar-refractivity contribution in [3.8, 4) is 6.07 Å². The average molecular weight is 337 g/mol. The van der Waals surface area contributed by atoms with E-state index in [0.29, 0.717) is 18.9 Å². The quantitative estimate of drug-likeness (QED) is 0.500. The molecular formula is C15H23N5O4. The number of aliphatic hydroxyl groups excluding tert-OH is 2. The van der Waals surface area contributed by atoms with Crippen LogP contribution < -0.4 is 9.80 Å². The molecule has 0 atom stereocenters. The molecule has 1 aromatic rings. The summed E-state index contributed by atoms with van der Waals surface area (Å²) in [6.45, 7) is 6.25. The van der Waals surface area contributed by atoms with Crippen molar-refractivity contribution < 1.29 is 15.1 Å². The standard InChI is InChI=1S/C15H23N5O4/c1-4-18(6-8-21)14-12(10-16)11(3)13(20(23)24)15(17-14)19(5-2)7-9-22/h21-22H,4-9H2,1-3H3. The topological polar surface area (TPSA) is 127 Å². The van der Waals surface area contributed by atoms with E-state index in [1.807, 2.05) is 13.0 Å². The number of hydrogen-bond acceptors (Lipinski definition) is 8. The molecule has 0 aromatic carbocycles. The Morgan fingerprint density at radius 3 is 2.04 bits per heavy atom. The van der Waals surface area contributed by atoms with E-state index in [0.717, 1.165) is 0 Å². The Morgan fingerprint density at radius 1 is 1.17 bits per heavy atom. The first kappa shape index (κ1) is 19.6. The largest absolute Gasteiger partial charge is 0.395 e. The Hall–Kier alpha value is -2.44. The van der Waals surface area contributed by atoms with Crippen molar-refractivity contribution in [3.63, 3.8) is 0 Å². The van der Waals surface area contributed by atoms with Gasteiger partial charge in [0, 0.05) is 26.2 Å². The van der Waals surface area contributed by atoms with Gasteiger partial charge < -0.3 is 20.0 Å². The molecule has 1 heterocycles. The smallest absolute Gasteiger partial charge is 0.315 e. The minimum atomic E-state index is -0.551. The Balaban J connectivity index is 3.70. The molecular weight excluding hydrogens is 314 g/mol. The van der Waals surface area contributed by atoms with Gasteiger partial charge in [-0.15, -0.1) is 0 Å². The molecule has 0 aliphatic carbocycles. The van der Waals surface area contributed by atoms with Crippen LogP contribution in [0.5, 0.6) is 0 Å². The van der Waals surface area contributed by atoms with Crippen molar-refractivity contribution in [1.82, 2.24) is 4.98 Å². The minimum absolute atomic E-state index is 0.124. The van der Waals surface area contributed by atoms with E-state index in [4.69, 9.17) is 0 Å². The summed E-state index contributed by atoms with van der Waals surface area (Å²) in [5.41, 5.74) is 0.127. The van der Waals surface area contributed by atoms with E-state index in [1.54, 1.807) is 16.7 Å². The molecule has 1 rings (SSSR count). The fourth-order valence-electron chi connectivity index (χ4n) is 2.53. The first-order chi connectivity index (χ1) is 11.5. The highest BCUT2D eigenvalue weighted by Crippen LogP contribution is 2.36. The summed E-state index contributed by atoms with van der Waals surface area (Å²) >= 11 is 0. The zero-order valence-corrected chi connectivity index (χ0v) is 14.2. The Kier molecular flexibility index (Phi) is 7.35. The summed E-state index contributed by atoms with van der Waals surface area (Å²) in [5.74, 6) is 0.433. The number of nitro groups is 1. The van der Waals surface area contributed by atoms with Crippen LogP contribution >= 0.6 is 0 Å². The molecule has 0 amide bonds. The number of anilines is 2. The maximum atomic E-state index is 11.5. The molecule has 1 aromatic heterocycles. The highest BCUT2D eigenvalue weighted by atomic mass is 16.6. The van der Waals surface area contributed by atoms with Crippen molar-refractivity contribution in [1.29, 1.82) is 5.26 Å². The molecule has 9 nitrogen and oxygen atoms in total. The Labute approximate surface area is 140 Å². The summed E-state index contributed by atoms with van der Waals surface area (Å²) in [7, 11) is 0. The summed E-state index contributed by atoms with van der Waals surface area (Å²) in [4.78, 5) is 18.6. The second kappa shape index (κ2) is 9.00. The van der Waals surface area contributed by atoms with Gasteiger partial charge in [0.05, 0.1) is 23.7 Å². The zero-order valence-electron chi connectivity index (χ0n) is 14.2. The van der Waals surface area contributed by atoms with Gasteiger partial charge in [-0.3, -0.25) is 10.1 Å². The predicted octanol–water partition coefficient (Wildman–Crippen LogP) is 0.807. The second-order valence-electron chi connectivity index (χ2n) is 5.08. The van der Waals surface area contributed by atoms with Crippen LogP contribution in [0.1, 0.15) is 25.0 Å². The number of pyridine rings is 1. The second-order valence-corrected chi connectivity index (χ2v) is 5.08. The molecule has 0 aliphatic rings. The van der Waals surface area contributed by atoms with Crippen molar-refractivity contribution in [3.05, 3.63) is 21.2 Å². The number of aromatic nitrogens is 1. The van der Waals surface area contributed by atoms with Gasteiger partial charge in [-0.25, -0.2) is 4.98 Å². The van der Waals surface area contributed by atoms with Crippen molar-refractivity contribution in [2.45, 2.75) is 20.8 Å². The van der Waals surface area contributed by atoms with Crippen LogP contribution in [-0.4, -0.2) is 59.5 Å². The van der Waals surface area contributed by atoms with Gasteiger partial charge in [-0.1, -0.05) is 0 Å².